The van der Waals surface area contributed by atoms with E-state index in [-0.39, 0.29) is 11.8 Å². The lowest BCUT2D eigenvalue weighted by Crippen LogP contribution is -2.23. The number of halogens is 1. The van der Waals surface area contributed by atoms with Gasteiger partial charge < -0.3 is 10.2 Å². The molecule has 0 radical (unpaired) electrons. The summed E-state index contributed by atoms with van der Waals surface area (Å²) in [5.74, 6) is -0.329. The van der Waals surface area contributed by atoms with E-state index in [4.69, 9.17) is 11.6 Å². The van der Waals surface area contributed by atoms with Gasteiger partial charge in [0, 0.05) is 18.4 Å². The molecule has 3 aromatic rings. The smallest absolute Gasteiger partial charge is 0.232 e. The van der Waals surface area contributed by atoms with Crippen LogP contribution in [0.25, 0.3) is 0 Å². The maximum Gasteiger partial charge on any atom is 0.232 e. The van der Waals surface area contributed by atoms with Crippen LogP contribution in [-0.2, 0) is 11.2 Å². The fraction of sp³-hybridized carbons (Fsp3) is 0.136. The molecule has 0 aliphatic carbocycles. The van der Waals surface area contributed by atoms with E-state index in [0.29, 0.717) is 17.1 Å². The molecule has 26 heavy (non-hydrogen) atoms. The van der Waals surface area contributed by atoms with Gasteiger partial charge in [-0.3, -0.25) is 4.79 Å². The first-order chi connectivity index (χ1) is 12.6. The van der Waals surface area contributed by atoms with Gasteiger partial charge in [0.1, 0.15) is 0 Å². The number of benzene rings is 3. The number of hydrogen-bond donors (Lipinski definition) is 1. The maximum atomic E-state index is 13.2. The molecule has 0 spiro atoms. The molecule has 0 saturated carbocycles. The Bertz CT molecular complexity index is 970. The van der Waals surface area contributed by atoms with Gasteiger partial charge in [0.25, 0.3) is 0 Å². The minimum atomic E-state index is -0.284. The predicted molar refractivity (Wildman–Crippen MR) is 107 cm³/mol. The number of amides is 1. The fourth-order valence-electron chi connectivity index (χ4n) is 3.57. The molecule has 1 amide bonds. The molecule has 0 aromatic heterocycles. The standard InChI is InChI=1S/C22H19ClN2O/c1-25-20-12-6-2-8-15(20)14-17(16-9-3-7-13-21(16)25)22(26)24-19-11-5-4-10-18(19)23/h2-13,17H,14H2,1H3,(H,24,26)/t17-/m1/s1. The molecule has 0 fully saturated rings. The van der Waals surface area contributed by atoms with Crippen molar-refractivity contribution in [2.75, 3.05) is 17.3 Å². The predicted octanol–water partition coefficient (Wildman–Crippen LogP) is 5.39. The Hall–Kier alpha value is -2.78. The molecule has 3 aromatic carbocycles. The number of carbonyl (C=O) groups excluding carboxylic acids is 1. The Morgan fingerprint density at radius 3 is 2.42 bits per heavy atom. The second kappa shape index (κ2) is 6.85. The monoisotopic (exact) mass is 362 g/mol. The van der Waals surface area contributed by atoms with Gasteiger partial charge in [-0.2, -0.15) is 0 Å². The number of nitrogens with zero attached hydrogens (tertiary/aromatic N) is 1. The van der Waals surface area contributed by atoms with Crippen molar-refractivity contribution < 1.29 is 4.79 Å². The van der Waals surface area contributed by atoms with Gasteiger partial charge in [-0.25, -0.2) is 0 Å². The number of carbonyl (C=O) groups is 1. The molecule has 1 heterocycles. The van der Waals surface area contributed by atoms with E-state index >= 15 is 0 Å². The van der Waals surface area contributed by atoms with E-state index in [0.717, 1.165) is 22.5 Å². The summed E-state index contributed by atoms with van der Waals surface area (Å²) in [6.45, 7) is 0. The lowest BCUT2D eigenvalue weighted by Gasteiger charge is -2.22. The van der Waals surface area contributed by atoms with Crippen molar-refractivity contribution in [3.63, 3.8) is 0 Å². The number of hydrogen-bond acceptors (Lipinski definition) is 2. The molecule has 1 N–H and O–H groups in total. The molecule has 130 valence electrons. The highest BCUT2D eigenvalue weighted by Crippen LogP contribution is 2.40. The number of anilines is 3. The van der Waals surface area contributed by atoms with Gasteiger partial charge in [-0.05, 0) is 41.8 Å². The highest BCUT2D eigenvalue weighted by atomic mass is 35.5. The Morgan fingerprint density at radius 1 is 0.962 bits per heavy atom. The molecule has 1 aliphatic heterocycles. The largest absolute Gasteiger partial charge is 0.344 e. The lowest BCUT2D eigenvalue weighted by molar-refractivity contribution is -0.117. The quantitative estimate of drug-likeness (QED) is 0.663. The normalized spacial score (nSPS) is 15.6. The molecular weight excluding hydrogens is 344 g/mol. The average molecular weight is 363 g/mol. The van der Waals surface area contributed by atoms with Crippen molar-refractivity contribution in [2.45, 2.75) is 12.3 Å². The van der Waals surface area contributed by atoms with Crippen LogP contribution in [0.5, 0.6) is 0 Å². The van der Waals surface area contributed by atoms with Gasteiger partial charge in [0.15, 0.2) is 0 Å². The molecule has 4 rings (SSSR count). The molecule has 3 nitrogen and oxygen atoms in total. The van der Waals surface area contributed by atoms with Crippen molar-refractivity contribution in [2.24, 2.45) is 0 Å². The summed E-state index contributed by atoms with van der Waals surface area (Å²) in [6, 6.07) is 23.6. The fourth-order valence-corrected chi connectivity index (χ4v) is 3.76. The van der Waals surface area contributed by atoms with Gasteiger partial charge in [-0.1, -0.05) is 60.1 Å². The SMILES string of the molecule is CN1c2ccccc2C[C@@H](C(=O)Nc2ccccc2Cl)c2ccccc21. The first kappa shape index (κ1) is 16.7. The summed E-state index contributed by atoms with van der Waals surface area (Å²) < 4.78 is 0. The molecule has 1 atom stereocenters. The number of fused-ring (bicyclic) bond motifs is 2. The van der Waals surface area contributed by atoms with Crippen LogP contribution < -0.4 is 10.2 Å². The first-order valence-electron chi connectivity index (χ1n) is 8.61. The van der Waals surface area contributed by atoms with Crippen LogP contribution in [0.1, 0.15) is 17.0 Å². The second-order valence-electron chi connectivity index (χ2n) is 6.47. The van der Waals surface area contributed by atoms with Crippen molar-refractivity contribution >= 4 is 34.6 Å². The third-order valence-electron chi connectivity index (χ3n) is 4.90. The van der Waals surface area contributed by atoms with E-state index in [1.54, 1.807) is 6.07 Å². The van der Waals surface area contributed by atoms with E-state index in [2.05, 4.69) is 28.4 Å². The zero-order chi connectivity index (χ0) is 18.1. The molecule has 0 saturated heterocycles. The molecular formula is C22H19ClN2O. The summed E-state index contributed by atoms with van der Waals surface area (Å²) in [4.78, 5) is 15.3. The molecule has 0 unspecified atom stereocenters. The van der Waals surface area contributed by atoms with Crippen molar-refractivity contribution in [1.82, 2.24) is 0 Å². The van der Waals surface area contributed by atoms with Gasteiger partial charge in [0.2, 0.25) is 5.91 Å². The van der Waals surface area contributed by atoms with Crippen LogP contribution in [0.15, 0.2) is 72.8 Å². The maximum absolute atomic E-state index is 13.2. The highest BCUT2D eigenvalue weighted by molar-refractivity contribution is 6.33. The van der Waals surface area contributed by atoms with E-state index in [1.165, 1.54) is 0 Å². The zero-order valence-electron chi connectivity index (χ0n) is 14.4. The van der Waals surface area contributed by atoms with Crippen LogP contribution in [-0.4, -0.2) is 13.0 Å². The minimum Gasteiger partial charge on any atom is -0.344 e. The zero-order valence-corrected chi connectivity index (χ0v) is 15.2. The summed E-state index contributed by atoms with van der Waals surface area (Å²) in [7, 11) is 2.05. The number of rotatable bonds is 2. The van der Waals surface area contributed by atoms with E-state index in [1.807, 2.05) is 55.6 Å². The third kappa shape index (κ3) is 2.95. The Kier molecular flexibility index (Phi) is 4.39. The van der Waals surface area contributed by atoms with Crippen molar-refractivity contribution in [3.05, 3.63) is 88.9 Å². The van der Waals surface area contributed by atoms with E-state index in [9.17, 15) is 4.79 Å². The molecule has 0 bridgehead atoms. The van der Waals surface area contributed by atoms with Crippen molar-refractivity contribution in [1.29, 1.82) is 0 Å². The van der Waals surface area contributed by atoms with E-state index < -0.39 is 0 Å². The second-order valence-corrected chi connectivity index (χ2v) is 6.88. The van der Waals surface area contributed by atoms with Gasteiger partial charge >= 0.3 is 0 Å². The minimum absolute atomic E-state index is 0.0457. The van der Waals surface area contributed by atoms with Crippen LogP contribution in [0.4, 0.5) is 17.1 Å². The topological polar surface area (TPSA) is 32.3 Å². The third-order valence-corrected chi connectivity index (χ3v) is 5.23. The van der Waals surface area contributed by atoms with Crippen LogP contribution in [0, 0.1) is 0 Å². The number of nitrogens with one attached hydrogen (secondary N) is 1. The van der Waals surface area contributed by atoms with Crippen molar-refractivity contribution in [3.8, 4) is 0 Å². The Morgan fingerprint density at radius 2 is 1.62 bits per heavy atom. The van der Waals surface area contributed by atoms with Crippen LogP contribution >= 0.6 is 11.6 Å². The van der Waals surface area contributed by atoms with Crippen LogP contribution in [0.3, 0.4) is 0 Å². The lowest BCUT2D eigenvalue weighted by atomic mass is 9.91. The summed E-state index contributed by atoms with van der Waals surface area (Å²) in [5.41, 5.74) is 5.01. The summed E-state index contributed by atoms with van der Waals surface area (Å²) >= 11 is 6.22. The average Bonchev–Trinajstić information content (AvgIpc) is 2.79. The molecule has 4 heteroatoms. The highest BCUT2D eigenvalue weighted by Gasteiger charge is 2.29. The number of para-hydroxylation sites is 3. The first-order valence-corrected chi connectivity index (χ1v) is 8.99. The van der Waals surface area contributed by atoms with Crippen LogP contribution in [0.2, 0.25) is 5.02 Å². The summed E-state index contributed by atoms with van der Waals surface area (Å²) in [6.07, 6.45) is 0.647. The Labute approximate surface area is 158 Å². The van der Waals surface area contributed by atoms with Gasteiger partial charge in [0.05, 0.1) is 16.6 Å². The summed E-state index contributed by atoms with van der Waals surface area (Å²) in [5, 5.41) is 3.55. The van der Waals surface area contributed by atoms with Gasteiger partial charge in [-0.15, -0.1) is 0 Å². The Balaban J connectivity index is 1.77. The molecule has 1 aliphatic rings.